The number of fused-ring (bicyclic) bond motifs is 1. The van der Waals surface area contributed by atoms with Gasteiger partial charge in [0, 0.05) is 0 Å². The molecule has 0 aliphatic heterocycles. The lowest BCUT2D eigenvalue weighted by Crippen LogP contribution is -2.25. The van der Waals surface area contributed by atoms with Crippen LogP contribution in [0.4, 0.5) is 0 Å². The molecule has 6 nitrogen and oxygen atoms in total. The van der Waals surface area contributed by atoms with Crippen LogP contribution in [0.1, 0.15) is 22.3 Å². The zero-order valence-corrected chi connectivity index (χ0v) is 15.1. The fraction of sp³-hybridized carbons (Fsp3) is 0.222. The van der Waals surface area contributed by atoms with E-state index in [2.05, 4.69) is 20.1 Å². The van der Waals surface area contributed by atoms with Crippen molar-refractivity contribution in [3.8, 4) is 5.75 Å². The first kappa shape index (κ1) is 17.0. The van der Waals surface area contributed by atoms with Crippen molar-refractivity contribution >= 4 is 33.9 Å². The van der Waals surface area contributed by atoms with Crippen LogP contribution in [-0.4, -0.2) is 28.3 Å². The number of hydrogen-bond acceptors (Lipinski definition) is 6. The summed E-state index contributed by atoms with van der Waals surface area (Å²) < 4.78 is 10.5. The third-order valence-corrected chi connectivity index (χ3v) is 4.33. The summed E-state index contributed by atoms with van der Waals surface area (Å²) in [4.78, 5) is 11.9. The van der Waals surface area contributed by atoms with E-state index in [0.717, 1.165) is 32.7 Å². The van der Waals surface area contributed by atoms with Gasteiger partial charge in [0.1, 0.15) is 11.3 Å². The van der Waals surface area contributed by atoms with Gasteiger partial charge in [0.2, 0.25) is 0 Å². The van der Waals surface area contributed by atoms with Crippen LogP contribution in [0.25, 0.3) is 10.2 Å². The average Bonchev–Trinajstić information content (AvgIpc) is 3.01. The fourth-order valence-corrected chi connectivity index (χ4v) is 3.16. The van der Waals surface area contributed by atoms with Gasteiger partial charge in [0.25, 0.3) is 5.91 Å². The van der Waals surface area contributed by atoms with Gasteiger partial charge in [0.05, 0.1) is 10.9 Å². The Labute approximate surface area is 149 Å². The maximum absolute atomic E-state index is 11.9. The molecule has 0 bridgehead atoms. The Morgan fingerprint density at radius 2 is 2.00 bits per heavy atom. The van der Waals surface area contributed by atoms with Crippen molar-refractivity contribution in [1.29, 1.82) is 0 Å². The lowest BCUT2D eigenvalue weighted by atomic mass is 10.1. The number of amides is 1. The maximum atomic E-state index is 11.9. The highest BCUT2D eigenvalue weighted by atomic mass is 32.1. The molecule has 0 saturated heterocycles. The van der Waals surface area contributed by atoms with E-state index in [4.69, 9.17) is 4.74 Å². The molecule has 0 aliphatic carbocycles. The Bertz CT molecular complexity index is 926. The van der Waals surface area contributed by atoms with E-state index in [1.54, 1.807) is 6.21 Å². The maximum Gasteiger partial charge on any atom is 0.277 e. The zero-order valence-electron chi connectivity index (χ0n) is 14.2. The number of aryl methyl sites for hydroxylation is 3. The molecule has 3 aromatic rings. The predicted molar refractivity (Wildman–Crippen MR) is 99.3 cm³/mol. The summed E-state index contributed by atoms with van der Waals surface area (Å²) in [7, 11) is 0. The second kappa shape index (κ2) is 7.40. The summed E-state index contributed by atoms with van der Waals surface area (Å²) >= 11 is 1.34. The van der Waals surface area contributed by atoms with Gasteiger partial charge in [0.15, 0.2) is 6.61 Å². The molecule has 25 heavy (non-hydrogen) atoms. The molecule has 0 spiro atoms. The highest BCUT2D eigenvalue weighted by molar-refractivity contribution is 7.12. The summed E-state index contributed by atoms with van der Waals surface area (Å²) in [6.07, 6.45) is 1.57. The molecule has 1 amide bonds. The van der Waals surface area contributed by atoms with Gasteiger partial charge in [-0.15, -0.1) is 5.10 Å². The number of hydrazone groups is 1. The van der Waals surface area contributed by atoms with E-state index in [0.29, 0.717) is 0 Å². The van der Waals surface area contributed by atoms with Crippen molar-refractivity contribution in [3.63, 3.8) is 0 Å². The van der Waals surface area contributed by atoms with E-state index < -0.39 is 0 Å². The molecule has 128 valence electrons. The Morgan fingerprint density at radius 3 is 2.76 bits per heavy atom. The minimum absolute atomic E-state index is 0.0862. The highest BCUT2D eigenvalue weighted by Crippen LogP contribution is 2.24. The van der Waals surface area contributed by atoms with Gasteiger partial charge in [-0.2, -0.15) is 5.10 Å². The first-order valence-electron chi connectivity index (χ1n) is 7.77. The van der Waals surface area contributed by atoms with Crippen LogP contribution in [0.5, 0.6) is 5.75 Å². The molecule has 3 rings (SSSR count). The Hall–Kier alpha value is -2.80. The van der Waals surface area contributed by atoms with E-state index in [-0.39, 0.29) is 12.5 Å². The van der Waals surface area contributed by atoms with Crippen molar-refractivity contribution in [2.45, 2.75) is 20.8 Å². The van der Waals surface area contributed by atoms with Crippen LogP contribution in [0.15, 0.2) is 35.4 Å². The Balaban J connectivity index is 1.56. The predicted octanol–water partition coefficient (Wildman–Crippen LogP) is 3.15. The SMILES string of the molecule is Cc1cc(C)c(OCC(=O)NN=Cc2ccc3snnc3c2)c(C)c1. The quantitative estimate of drug-likeness (QED) is 0.564. The third kappa shape index (κ3) is 4.19. The van der Waals surface area contributed by atoms with E-state index in [1.165, 1.54) is 17.1 Å². The lowest BCUT2D eigenvalue weighted by Gasteiger charge is -2.12. The second-order valence-electron chi connectivity index (χ2n) is 5.81. The third-order valence-electron chi connectivity index (χ3n) is 3.63. The largest absolute Gasteiger partial charge is 0.483 e. The van der Waals surface area contributed by atoms with Crippen molar-refractivity contribution in [2.75, 3.05) is 6.61 Å². The Morgan fingerprint density at radius 1 is 1.24 bits per heavy atom. The second-order valence-corrected chi connectivity index (χ2v) is 6.60. The van der Waals surface area contributed by atoms with Gasteiger partial charge in [-0.1, -0.05) is 28.3 Å². The minimum Gasteiger partial charge on any atom is -0.483 e. The number of rotatable bonds is 5. The summed E-state index contributed by atoms with van der Waals surface area (Å²) in [5.74, 6) is 0.429. The van der Waals surface area contributed by atoms with E-state index in [1.807, 2.05) is 51.1 Å². The minimum atomic E-state index is -0.313. The summed E-state index contributed by atoms with van der Waals surface area (Å²) in [6, 6.07) is 9.75. The van der Waals surface area contributed by atoms with Crippen LogP contribution >= 0.6 is 11.5 Å². The van der Waals surface area contributed by atoms with Crippen LogP contribution in [0, 0.1) is 20.8 Å². The van der Waals surface area contributed by atoms with Crippen molar-refractivity contribution < 1.29 is 9.53 Å². The summed E-state index contributed by atoms with van der Waals surface area (Å²) in [6.45, 7) is 5.88. The first-order valence-corrected chi connectivity index (χ1v) is 8.55. The fourth-order valence-electron chi connectivity index (χ4n) is 2.62. The molecule has 7 heteroatoms. The summed E-state index contributed by atoms with van der Waals surface area (Å²) in [5.41, 5.74) is 7.31. The van der Waals surface area contributed by atoms with Crippen LogP contribution in [-0.2, 0) is 4.79 Å². The molecular formula is C18H18N4O2S. The molecule has 0 fully saturated rings. The molecule has 2 aromatic carbocycles. The highest BCUT2D eigenvalue weighted by Gasteiger charge is 2.08. The number of nitrogens with zero attached hydrogens (tertiary/aromatic N) is 3. The van der Waals surface area contributed by atoms with Crippen LogP contribution in [0.3, 0.4) is 0 Å². The van der Waals surface area contributed by atoms with Crippen LogP contribution in [0.2, 0.25) is 0 Å². The number of carbonyl (C=O) groups is 1. The standard InChI is InChI=1S/C18H18N4O2S/c1-11-6-12(2)18(13(3)7-11)24-10-17(23)21-19-9-14-4-5-16-15(8-14)20-22-25-16/h4-9H,10H2,1-3H3,(H,21,23). The zero-order chi connectivity index (χ0) is 17.8. The van der Waals surface area contributed by atoms with Gasteiger partial charge in [-0.3, -0.25) is 4.79 Å². The molecule has 1 N–H and O–H groups in total. The normalized spacial score (nSPS) is 11.2. The number of ether oxygens (including phenoxy) is 1. The molecule has 1 heterocycles. The number of nitrogens with one attached hydrogen (secondary N) is 1. The summed E-state index contributed by atoms with van der Waals surface area (Å²) in [5, 5.41) is 7.96. The lowest BCUT2D eigenvalue weighted by molar-refractivity contribution is -0.123. The van der Waals surface area contributed by atoms with Gasteiger partial charge in [-0.05, 0) is 61.1 Å². The van der Waals surface area contributed by atoms with Crippen LogP contribution < -0.4 is 10.2 Å². The van der Waals surface area contributed by atoms with E-state index in [9.17, 15) is 4.79 Å². The Kier molecular flexibility index (Phi) is 5.04. The molecule has 0 atom stereocenters. The van der Waals surface area contributed by atoms with E-state index >= 15 is 0 Å². The molecule has 0 radical (unpaired) electrons. The monoisotopic (exact) mass is 354 g/mol. The number of aromatic nitrogens is 2. The number of hydrogen-bond donors (Lipinski definition) is 1. The van der Waals surface area contributed by atoms with Crippen molar-refractivity contribution in [2.24, 2.45) is 5.10 Å². The van der Waals surface area contributed by atoms with Crippen molar-refractivity contribution in [1.82, 2.24) is 15.0 Å². The molecule has 0 saturated carbocycles. The molecular weight excluding hydrogens is 336 g/mol. The first-order chi connectivity index (χ1) is 12.0. The molecule has 1 aromatic heterocycles. The average molecular weight is 354 g/mol. The van der Waals surface area contributed by atoms with Gasteiger partial charge >= 0.3 is 0 Å². The molecule has 0 aliphatic rings. The topological polar surface area (TPSA) is 76.5 Å². The van der Waals surface area contributed by atoms with Gasteiger partial charge in [-0.25, -0.2) is 5.43 Å². The van der Waals surface area contributed by atoms with Gasteiger partial charge < -0.3 is 4.74 Å². The molecule has 0 unspecified atom stereocenters. The number of benzene rings is 2. The van der Waals surface area contributed by atoms with Crippen molar-refractivity contribution in [3.05, 3.63) is 52.6 Å². The smallest absolute Gasteiger partial charge is 0.277 e. The number of carbonyl (C=O) groups excluding carboxylic acids is 1.